The predicted octanol–water partition coefficient (Wildman–Crippen LogP) is 3.14. The quantitative estimate of drug-likeness (QED) is 0.895. The topological polar surface area (TPSA) is 38.7 Å². The molecule has 1 fully saturated rings. The lowest BCUT2D eigenvalue weighted by atomic mass is 9.91. The van der Waals surface area contributed by atoms with Crippen molar-refractivity contribution < 1.29 is 23.4 Å². The first-order valence-corrected chi connectivity index (χ1v) is 6.45. The van der Waals surface area contributed by atoms with E-state index in [0.717, 1.165) is 26.1 Å². The summed E-state index contributed by atoms with van der Waals surface area (Å²) in [6, 6.07) is 6.26. The summed E-state index contributed by atoms with van der Waals surface area (Å²) in [6.45, 7) is -1.39. The highest BCUT2D eigenvalue weighted by Crippen LogP contribution is 2.29. The molecule has 0 aliphatic carbocycles. The number of ether oxygens (including phenoxy) is 2. The summed E-state index contributed by atoms with van der Waals surface area (Å²) in [5.74, 6) is 0.502. The molecule has 1 aliphatic heterocycles. The van der Waals surface area contributed by atoms with Gasteiger partial charge >= 0.3 is 6.61 Å². The second-order valence-electron chi connectivity index (χ2n) is 4.76. The van der Waals surface area contributed by atoms with Crippen LogP contribution in [0.5, 0.6) is 5.75 Å². The predicted molar refractivity (Wildman–Crippen MR) is 66.2 cm³/mol. The van der Waals surface area contributed by atoms with Crippen LogP contribution < -0.4 is 4.74 Å². The van der Waals surface area contributed by atoms with Gasteiger partial charge in [-0.3, -0.25) is 0 Å². The number of rotatable bonds is 5. The smallest absolute Gasteiger partial charge is 0.387 e. The molecular formula is C14H18F2O3. The summed E-state index contributed by atoms with van der Waals surface area (Å²) in [5.41, 5.74) is 0.615. The SMILES string of the molecule is OC(CC1CCOCC1)c1cccc(OC(F)F)c1. The third kappa shape index (κ3) is 4.44. The molecule has 2 rings (SSSR count). The second kappa shape index (κ2) is 6.82. The van der Waals surface area contributed by atoms with E-state index >= 15 is 0 Å². The second-order valence-corrected chi connectivity index (χ2v) is 4.76. The van der Waals surface area contributed by atoms with Crippen LogP contribution in [0.2, 0.25) is 0 Å². The van der Waals surface area contributed by atoms with Crippen molar-refractivity contribution in [2.75, 3.05) is 13.2 Å². The van der Waals surface area contributed by atoms with Gasteiger partial charge in [-0.15, -0.1) is 0 Å². The van der Waals surface area contributed by atoms with Crippen LogP contribution in [0.4, 0.5) is 8.78 Å². The zero-order valence-corrected chi connectivity index (χ0v) is 10.6. The number of alkyl halides is 2. The molecule has 1 heterocycles. The molecule has 1 aliphatic rings. The normalized spacial score (nSPS) is 18.5. The molecule has 1 unspecified atom stereocenters. The van der Waals surface area contributed by atoms with Crippen molar-refractivity contribution in [3.63, 3.8) is 0 Å². The van der Waals surface area contributed by atoms with E-state index in [4.69, 9.17) is 4.74 Å². The summed E-state index contributed by atoms with van der Waals surface area (Å²) in [5, 5.41) is 10.1. The van der Waals surface area contributed by atoms with Gasteiger partial charge in [-0.2, -0.15) is 8.78 Å². The minimum absolute atomic E-state index is 0.0820. The minimum Gasteiger partial charge on any atom is -0.435 e. The summed E-state index contributed by atoms with van der Waals surface area (Å²) >= 11 is 0. The fourth-order valence-electron chi connectivity index (χ4n) is 2.33. The fourth-order valence-corrected chi connectivity index (χ4v) is 2.33. The molecule has 0 bridgehead atoms. The van der Waals surface area contributed by atoms with Gasteiger partial charge < -0.3 is 14.6 Å². The summed E-state index contributed by atoms with van der Waals surface area (Å²) in [4.78, 5) is 0. The Hall–Kier alpha value is -1.20. The van der Waals surface area contributed by atoms with Crippen molar-refractivity contribution in [1.82, 2.24) is 0 Å². The molecule has 0 spiro atoms. The minimum atomic E-state index is -2.84. The van der Waals surface area contributed by atoms with E-state index < -0.39 is 12.7 Å². The van der Waals surface area contributed by atoms with Gasteiger partial charge in [0.25, 0.3) is 0 Å². The van der Waals surface area contributed by atoms with E-state index in [9.17, 15) is 13.9 Å². The summed E-state index contributed by atoms with van der Waals surface area (Å²) in [6.07, 6.45) is 1.85. The van der Waals surface area contributed by atoms with Gasteiger partial charge in [-0.05, 0) is 42.9 Å². The Kier molecular flexibility index (Phi) is 5.10. The molecule has 0 saturated carbocycles. The molecule has 5 heteroatoms. The fraction of sp³-hybridized carbons (Fsp3) is 0.571. The maximum Gasteiger partial charge on any atom is 0.387 e. The molecule has 1 N–H and O–H groups in total. The zero-order chi connectivity index (χ0) is 13.7. The molecule has 0 amide bonds. The van der Waals surface area contributed by atoms with Gasteiger partial charge in [0.15, 0.2) is 0 Å². The summed E-state index contributed by atoms with van der Waals surface area (Å²) < 4.78 is 33.9. The van der Waals surface area contributed by atoms with Crippen molar-refractivity contribution in [3.05, 3.63) is 29.8 Å². The van der Waals surface area contributed by atoms with Gasteiger partial charge in [-0.25, -0.2) is 0 Å². The number of hydrogen-bond acceptors (Lipinski definition) is 3. The van der Waals surface area contributed by atoms with E-state index in [-0.39, 0.29) is 5.75 Å². The molecular weight excluding hydrogens is 254 g/mol. The Morgan fingerprint density at radius 1 is 1.32 bits per heavy atom. The lowest BCUT2D eigenvalue weighted by Gasteiger charge is -2.24. The molecule has 0 radical (unpaired) electrons. The third-order valence-corrected chi connectivity index (χ3v) is 3.37. The molecule has 19 heavy (non-hydrogen) atoms. The number of benzene rings is 1. The van der Waals surface area contributed by atoms with Crippen LogP contribution >= 0.6 is 0 Å². The van der Waals surface area contributed by atoms with Gasteiger partial charge in [-0.1, -0.05) is 12.1 Å². The first-order chi connectivity index (χ1) is 9.15. The van der Waals surface area contributed by atoms with Crippen LogP contribution in [0, 0.1) is 5.92 Å². The number of aliphatic hydroxyl groups excluding tert-OH is 1. The molecule has 3 nitrogen and oxygen atoms in total. The number of hydrogen-bond donors (Lipinski definition) is 1. The van der Waals surface area contributed by atoms with Crippen molar-refractivity contribution in [2.24, 2.45) is 5.92 Å². The lowest BCUT2D eigenvalue weighted by molar-refractivity contribution is -0.0500. The number of halogens is 2. The third-order valence-electron chi connectivity index (χ3n) is 3.37. The molecule has 1 saturated heterocycles. The van der Waals surface area contributed by atoms with Gasteiger partial charge in [0.05, 0.1) is 6.10 Å². The Morgan fingerprint density at radius 3 is 2.74 bits per heavy atom. The van der Waals surface area contributed by atoms with Crippen molar-refractivity contribution in [2.45, 2.75) is 32.0 Å². The Morgan fingerprint density at radius 2 is 2.05 bits per heavy atom. The maximum absolute atomic E-state index is 12.1. The van der Waals surface area contributed by atoms with E-state index in [1.54, 1.807) is 12.1 Å². The highest BCUT2D eigenvalue weighted by atomic mass is 19.3. The summed E-state index contributed by atoms with van der Waals surface area (Å²) in [7, 11) is 0. The molecule has 1 aromatic carbocycles. The van der Waals surface area contributed by atoms with Gasteiger partial charge in [0.1, 0.15) is 5.75 Å². The van der Waals surface area contributed by atoms with Crippen LogP contribution in [0.15, 0.2) is 24.3 Å². The molecule has 1 atom stereocenters. The van der Waals surface area contributed by atoms with E-state index in [1.165, 1.54) is 12.1 Å². The monoisotopic (exact) mass is 272 g/mol. The van der Waals surface area contributed by atoms with Gasteiger partial charge in [0, 0.05) is 13.2 Å². The van der Waals surface area contributed by atoms with Gasteiger partial charge in [0.2, 0.25) is 0 Å². The molecule has 0 aromatic heterocycles. The van der Waals surface area contributed by atoms with Crippen LogP contribution in [0.1, 0.15) is 30.9 Å². The average molecular weight is 272 g/mol. The lowest BCUT2D eigenvalue weighted by Crippen LogP contribution is -2.18. The average Bonchev–Trinajstić information content (AvgIpc) is 2.39. The largest absolute Gasteiger partial charge is 0.435 e. The van der Waals surface area contributed by atoms with E-state index in [2.05, 4.69) is 4.74 Å². The van der Waals surface area contributed by atoms with E-state index in [1.807, 2.05) is 0 Å². The highest BCUT2D eigenvalue weighted by molar-refractivity contribution is 5.29. The molecule has 1 aromatic rings. The standard InChI is InChI=1S/C14H18F2O3/c15-14(16)19-12-3-1-2-11(9-12)13(17)8-10-4-6-18-7-5-10/h1-3,9-10,13-14,17H,4-8H2. The highest BCUT2D eigenvalue weighted by Gasteiger charge is 2.19. The van der Waals surface area contributed by atoms with E-state index in [0.29, 0.717) is 17.9 Å². The van der Waals surface area contributed by atoms with Crippen LogP contribution in [0.3, 0.4) is 0 Å². The first kappa shape index (κ1) is 14.2. The van der Waals surface area contributed by atoms with Crippen LogP contribution in [-0.2, 0) is 4.74 Å². The Balaban J connectivity index is 1.95. The van der Waals surface area contributed by atoms with Crippen molar-refractivity contribution >= 4 is 0 Å². The number of aliphatic hydroxyl groups is 1. The van der Waals surface area contributed by atoms with Crippen LogP contribution in [0.25, 0.3) is 0 Å². The Labute approximate surface area is 111 Å². The van der Waals surface area contributed by atoms with Crippen LogP contribution in [-0.4, -0.2) is 24.9 Å². The van der Waals surface area contributed by atoms with Crippen molar-refractivity contribution in [1.29, 1.82) is 0 Å². The zero-order valence-electron chi connectivity index (χ0n) is 10.6. The Bertz CT molecular complexity index is 392. The first-order valence-electron chi connectivity index (χ1n) is 6.45. The maximum atomic E-state index is 12.1. The van der Waals surface area contributed by atoms with Crippen molar-refractivity contribution in [3.8, 4) is 5.75 Å². The molecule has 106 valence electrons.